The van der Waals surface area contributed by atoms with Crippen LogP contribution in [0.4, 0.5) is 0 Å². The fourth-order valence-corrected chi connectivity index (χ4v) is 2.67. The molecule has 2 aliphatic rings. The SMILES string of the molecule is C1CCC(OC2CCCCC2)CC1.[SnH2]. The second-order valence-electron chi connectivity index (χ2n) is 4.66. The number of ether oxygens (including phenoxy) is 1. The van der Waals surface area contributed by atoms with E-state index in [9.17, 15) is 0 Å². The van der Waals surface area contributed by atoms with Crippen LogP contribution in [0.5, 0.6) is 0 Å². The van der Waals surface area contributed by atoms with E-state index >= 15 is 0 Å². The Balaban J connectivity index is 0.000000980. The molecule has 0 spiro atoms. The molecule has 0 aromatic rings. The summed E-state index contributed by atoms with van der Waals surface area (Å²) in [7, 11) is 0. The fourth-order valence-electron chi connectivity index (χ4n) is 2.67. The first-order valence-electron chi connectivity index (χ1n) is 6.10. The number of hydrogen-bond donors (Lipinski definition) is 0. The predicted molar refractivity (Wildman–Crippen MR) is 63.4 cm³/mol. The van der Waals surface area contributed by atoms with Crippen molar-refractivity contribution in [2.45, 2.75) is 76.4 Å². The van der Waals surface area contributed by atoms with E-state index in [1.54, 1.807) is 0 Å². The van der Waals surface area contributed by atoms with E-state index in [0.29, 0.717) is 12.2 Å². The van der Waals surface area contributed by atoms with Crippen LogP contribution in [-0.2, 0) is 4.74 Å². The van der Waals surface area contributed by atoms with Crippen LogP contribution in [0.1, 0.15) is 64.2 Å². The van der Waals surface area contributed by atoms with Crippen LogP contribution >= 0.6 is 0 Å². The van der Waals surface area contributed by atoms with Gasteiger partial charge in [-0.15, -0.1) is 0 Å². The molecule has 0 unspecified atom stereocenters. The Labute approximate surface area is 105 Å². The van der Waals surface area contributed by atoms with Gasteiger partial charge in [0.2, 0.25) is 0 Å². The van der Waals surface area contributed by atoms with Gasteiger partial charge in [0.05, 0.1) is 12.2 Å². The first kappa shape index (κ1) is 12.8. The zero-order chi connectivity index (χ0) is 8.93. The molecule has 0 saturated heterocycles. The van der Waals surface area contributed by atoms with Crippen molar-refractivity contribution in [1.82, 2.24) is 0 Å². The molecule has 0 aliphatic heterocycles. The molecular formula is C12H24OSn. The summed E-state index contributed by atoms with van der Waals surface area (Å²) in [5, 5.41) is 0. The molecule has 2 heteroatoms. The topological polar surface area (TPSA) is 9.23 Å². The molecule has 1 nitrogen and oxygen atoms in total. The molecule has 0 N–H and O–H groups in total. The van der Waals surface area contributed by atoms with E-state index in [1.165, 1.54) is 64.2 Å². The van der Waals surface area contributed by atoms with Crippen LogP contribution in [0.15, 0.2) is 0 Å². The zero-order valence-electron chi connectivity index (χ0n) is 9.34. The van der Waals surface area contributed by atoms with Gasteiger partial charge in [-0.1, -0.05) is 38.5 Å². The van der Waals surface area contributed by atoms with E-state index < -0.39 is 0 Å². The molecule has 0 bridgehead atoms. The second kappa shape index (κ2) is 7.10. The van der Waals surface area contributed by atoms with Crippen molar-refractivity contribution in [2.24, 2.45) is 0 Å². The Morgan fingerprint density at radius 1 is 0.571 bits per heavy atom. The van der Waals surface area contributed by atoms with Crippen LogP contribution in [0, 0.1) is 0 Å². The van der Waals surface area contributed by atoms with E-state index in [2.05, 4.69) is 0 Å². The van der Waals surface area contributed by atoms with Crippen molar-refractivity contribution in [3.8, 4) is 0 Å². The van der Waals surface area contributed by atoms with Gasteiger partial charge in [0.25, 0.3) is 0 Å². The molecule has 0 amide bonds. The molecule has 82 valence electrons. The van der Waals surface area contributed by atoms with E-state index in [0.717, 1.165) is 0 Å². The summed E-state index contributed by atoms with van der Waals surface area (Å²) in [6, 6.07) is 0. The molecule has 0 aromatic carbocycles. The van der Waals surface area contributed by atoms with Gasteiger partial charge in [-0.05, 0) is 25.7 Å². The number of hydrogen-bond acceptors (Lipinski definition) is 1. The monoisotopic (exact) mass is 304 g/mol. The molecule has 0 atom stereocenters. The Kier molecular flexibility index (Phi) is 6.51. The minimum atomic E-state index is 0. The fraction of sp³-hybridized carbons (Fsp3) is 1.00. The molecule has 14 heavy (non-hydrogen) atoms. The third-order valence-electron chi connectivity index (χ3n) is 3.49. The maximum absolute atomic E-state index is 6.13. The van der Waals surface area contributed by atoms with Crippen LogP contribution < -0.4 is 0 Å². The molecule has 2 fully saturated rings. The third kappa shape index (κ3) is 4.09. The van der Waals surface area contributed by atoms with Gasteiger partial charge >= 0.3 is 23.9 Å². The van der Waals surface area contributed by atoms with Crippen molar-refractivity contribution in [3.05, 3.63) is 0 Å². The standard InChI is InChI=1S/C12H22O.Sn.2H/c1-3-7-11(8-4-1)13-12-9-5-2-6-10-12;;;/h11-12H,1-10H2;;;. The van der Waals surface area contributed by atoms with Gasteiger partial charge < -0.3 is 4.74 Å². The average molecular weight is 303 g/mol. The van der Waals surface area contributed by atoms with Crippen LogP contribution in [-0.4, -0.2) is 36.1 Å². The van der Waals surface area contributed by atoms with Gasteiger partial charge in [0.1, 0.15) is 0 Å². The molecule has 2 saturated carbocycles. The summed E-state index contributed by atoms with van der Waals surface area (Å²) in [6.07, 6.45) is 15.0. The van der Waals surface area contributed by atoms with Gasteiger partial charge in [-0.3, -0.25) is 0 Å². The van der Waals surface area contributed by atoms with Crippen molar-refractivity contribution in [3.63, 3.8) is 0 Å². The first-order chi connectivity index (χ1) is 6.45. The molecule has 2 aliphatic carbocycles. The maximum atomic E-state index is 6.13. The minimum absolute atomic E-state index is 0. The summed E-state index contributed by atoms with van der Waals surface area (Å²) in [6.45, 7) is 0. The predicted octanol–water partition coefficient (Wildman–Crippen LogP) is 2.75. The van der Waals surface area contributed by atoms with E-state index in [1.807, 2.05) is 0 Å². The van der Waals surface area contributed by atoms with Gasteiger partial charge in [0.15, 0.2) is 0 Å². The molecule has 0 aromatic heterocycles. The Morgan fingerprint density at radius 2 is 0.929 bits per heavy atom. The van der Waals surface area contributed by atoms with Crippen LogP contribution in [0.2, 0.25) is 0 Å². The molecule has 2 radical (unpaired) electrons. The summed E-state index contributed by atoms with van der Waals surface area (Å²) in [5.74, 6) is 0. The van der Waals surface area contributed by atoms with Gasteiger partial charge in [0, 0.05) is 0 Å². The second-order valence-corrected chi connectivity index (χ2v) is 4.66. The van der Waals surface area contributed by atoms with Crippen LogP contribution in [0.25, 0.3) is 0 Å². The van der Waals surface area contributed by atoms with Crippen molar-refractivity contribution >= 4 is 23.9 Å². The normalized spacial score (nSPS) is 25.7. The first-order valence-corrected chi connectivity index (χ1v) is 6.10. The number of rotatable bonds is 2. The summed E-state index contributed by atoms with van der Waals surface area (Å²) in [5.41, 5.74) is 0. The summed E-state index contributed by atoms with van der Waals surface area (Å²) >= 11 is 0. The molecular weight excluding hydrogens is 279 g/mol. The van der Waals surface area contributed by atoms with Crippen molar-refractivity contribution in [1.29, 1.82) is 0 Å². The molecule has 0 heterocycles. The van der Waals surface area contributed by atoms with Crippen molar-refractivity contribution < 1.29 is 4.74 Å². The Morgan fingerprint density at radius 3 is 1.29 bits per heavy atom. The summed E-state index contributed by atoms with van der Waals surface area (Å²) < 4.78 is 6.13. The molecule has 2 rings (SSSR count). The zero-order valence-corrected chi connectivity index (χ0v) is 13.4. The van der Waals surface area contributed by atoms with Crippen molar-refractivity contribution in [2.75, 3.05) is 0 Å². The van der Waals surface area contributed by atoms with Gasteiger partial charge in [-0.2, -0.15) is 0 Å². The quantitative estimate of drug-likeness (QED) is 0.713. The van der Waals surface area contributed by atoms with E-state index in [-0.39, 0.29) is 23.9 Å². The Bertz CT molecular complexity index is 121. The van der Waals surface area contributed by atoms with Gasteiger partial charge in [-0.25, -0.2) is 0 Å². The third-order valence-corrected chi connectivity index (χ3v) is 3.49. The summed E-state index contributed by atoms with van der Waals surface area (Å²) in [4.78, 5) is 0. The van der Waals surface area contributed by atoms with E-state index in [4.69, 9.17) is 4.74 Å². The average Bonchev–Trinajstić information content (AvgIpc) is 2.21. The van der Waals surface area contributed by atoms with Crippen LogP contribution in [0.3, 0.4) is 0 Å². The Hall–Kier alpha value is 0.759.